The van der Waals surface area contributed by atoms with Gasteiger partial charge in [-0.2, -0.15) is 0 Å². The Morgan fingerprint density at radius 1 is 0.912 bits per heavy atom. The maximum atomic E-state index is 13.1. The number of Topliss-reactive ketones (excluding diaryl/α,β-unsaturated/α-hetero) is 1. The Kier molecular flexibility index (Phi) is 6.00. The van der Waals surface area contributed by atoms with Crippen molar-refractivity contribution in [3.8, 4) is 0 Å². The molecule has 9 heteroatoms. The van der Waals surface area contributed by atoms with Crippen molar-refractivity contribution in [2.45, 2.75) is 19.8 Å². The summed E-state index contributed by atoms with van der Waals surface area (Å²) in [4.78, 5) is 56.1. The van der Waals surface area contributed by atoms with E-state index in [-0.39, 0.29) is 11.5 Å². The number of aromatic amines is 1. The molecule has 34 heavy (non-hydrogen) atoms. The number of anilines is 1. The molecule has 2 aliphatic heterocycles. The number of amides is 2. The fraction of sp³-hybridized carbons (Fsp3) is 0.400. The van der Waals surface area contributed by atoms with E-state index in [0.717, 1.165) is 31.7 Å². The number of aromatic nitrogens is 3. The van der Waals surface area contributed by atoms with E-state index in [1.165, 1.54) is 11.2 Å². The van der Waals surface area contributed by atoms with Crippen molar-refractivity contribution < 1.29 is 14.4 Å². The van der Waals surface area contributed by atoms with Gasteiger partial charge in [0.2, 0.25) is 0 Å². The summed E-state index contributed by atoms with van der Waals surface area (Å²) in [7, 11) is 0. The lowest BCUT2D eigenvalue weighted by Gasteiger charge is -2.34. The highest BCUT2D eigenvalue weighted by molar-refractivity contribution is 6.44. The van der Waals surface area contributed by atoms with Crippen molar-refractivity contribution in [3.63, 3.8) is 0 Å². The molecule has 0 saturated carbocycles. The Labute approximate surface area is 197 Å². The fourth-order valence-electron chi connectivity index (χ4n) is 4.69. The number of nitrogens with one attached hydrogen (secondary N) is 1. The highest BCUT2D eigenvalue weighted by Crippen LogP contribution is 2.28. The molecule has 0 spiro atoms. The standard InChI is InChI=1S/C25H28N6O3/c1-17-7-9-29(10-8-17)23-21-20(27-16-28-23)19(15-26-21)22(32)25(34)31-13-11-30(12-14-31)24(33)18-5-3-2-4-6-18/h2-6,15-17,26H,7-14H2,1H3. The van der Waals surface area contributed by atoms with E-state index in [2.05, 4.69) is 26.8 Å². The van der Waals surface area contributed by atoms with Crippen LogP contribution in [0.15, 0.2) is 42.9 Å². The van der Waals surface area contributed by atoms with E-state index >= 15 is 0 Å². The molecule has 0 aliphatic carbocycles. The minimum Gasteiger partial charge on any atom is -0.356 e. The van der Waals surface area contributed by atoms with Crippen LogP contribution < -0.4 is 4.90 Å². The summed E-state index contributed by atoms with van der Waals surface area (Å²) in [5.41, 5.74) is 2.04. The molecule has 9 nitrogen and oxygen atoms in total. The van der Waals surface area contributed by atoms with Gasteiger partial charge in [0.05, 0.1) is 5.56 Å². The van der Waals surface area contributed by atoms with E-state index < -0.39 is 11.7 Å². The molecule has 0 radical (unpaired) electrons. The second-order valence-corrected chi connectivity index (χ2v) is 9.07. The van der Waals surface area contributed by atoms with Crippen molar-refractivity contribution >= 4 is 34.4 Å². The van der Waals surface area contributed by atoms with Crippen molar-refractivity contribution in [1.29, 1.82) is 0 Å². The summed E-state index contributed by atoms with van der Waals surface area (Å²) in [5.74, 6) is 0.240. The van der Waals surface area contributed by atoms with Gasteiger partial charge in [-0.25, -0.2) is 9.97 Å². The molecule has 0 unspecified atom stereocenters. The van der Waals surface area contributed by atoms with E-state index in [1.54, 1.807) is 23.2 Å². The molecule has 4 heterocycles. The van der Waals surface area contributed by atoms with Crippen LogP contribution in [0.2, 0.25) is 0 Å². The van der Waals surface area contributed by atoms with Gasteiger partial charge < -0.3 is 19.7 Å². The number of ketones is 1. The van der Waals surface area contributed by atoms with E-state index in [9.17, 15) is 14.4 Å². The fourth-order valence-corrected chi connectivity index (χ4v) is 4.69. The normalized spacial score (nSPS) is 17.3. The number of rotatable bonds is 4. The second kappa shape index (κ2) is 9.24. The van der Waals surface area contributed by atoms with Gasteiger partial charge in [-0.15, -0.1) is 0 Å². The first-order chi connectivity index (χ1) is 16.5. The first-order valence-corrected chi connectivity index (χ1v) is 11.8. The average molecular weight is 461 g/mol. The summed E-state index contributed by atoms with van der Waals surface area (Å²) in [5, 5.41) is 0. The summed E-state index contributed by atoms with van der Waals surface area (Å²) in [6, 6.07) is 9.08. The third kappa shape index (κ3) is 4.13. The predicted molar refractivity (Wildman–Crippen MR) is 128 cm³/mol. The van der Waals surface area contributed by atoms with Crippen molar-refractivity contribution in [2.24, 2.45) is 5.92 Å². The monoisotopic (exact) mass is 460 g/mol. The number of H-pyrrole nitrogens is 1. The van der Waals surface area contributed by atoms with Crippen LogP contribution in [-0.4, -0.2) is 81.6 Å². The number of benzene rings is 1. The van der Waals surface area contributed by atoms with E-state index in [0.29, 0.717) is 48.7 Å². The van der Waals surface area contributed by atoms with Crippen LogP contribution in [0.5, 0.6) is 0 Å². The van der Waals surface area contributed by atoms with Gasteiger partial charge in [0, 0.05) is 51.0 Å². The number of nitrogens with zero attached hydrogens (tertiary/aromatic N) is 5. The van der Waals surface area contributed by atoms with Gasteiger partial charge in [0.25, 0.3) is 17.6 Å². The van der Waals surface area contributed by atoms with Gasteiger partial charge in [0.1, 0.15) is 17.4 Å². The number of hydrogen-bond acceptors (Lipinski definition) is 6. The minimum absolute atomic E-state index is 0.0630. The lowest BCUT2D eigenvalue weighted by Crippen LogP contribution is -2.52. The van der Waals surface area contributed by atoms with Crippen LogP contribution in [0.25, 0.3) is 11.0 Å². The lowest BCUT2D eigenvalue weighted by atomic mass is 9.99. The van der Waals surface area contributed by atoms with Crippen molar-refractivity contribution in [1.82, 2.24) is 24.8 Å². The Bertz CT molecular complexity index is 1210. The topological polar surface area (TPSA) is 102 Å². The number of piperidine rings is 1. The zero-order valence-corrected chi connectivity index (χ0v) is 19.2. The Morgan fingerprint density at radius 3 is 2.29 bits per heavy atom. The number of carbonyl (C=O) groups excluding carboxylic acids is 3. The highest BCUT2D eigenvalue weighted by atomic mass is 16.2. The maximum Gasteiger partial charge on any atom is 0.295 e. The predicted octanol–water partition coefficient (Wildman–Crippen LogP) is 2.36. The molecule has 2 amide bonds. The van der Waals surface area contributed by atoms with E-state index in [4.69, 9.17) is 0 Å². The largest absolute Gasteiger partial charge is 0.356 e. The molecule has 3 aromatic rings. The summed E-state index contributed by atoms with van der Waals surface area (Å²) in [6.45, 7) is 5.47. The summed E-state index contributed by atoms with van der Waals surface area (Å²) < 4.78 is 0. The van der Waals surface area contributed by atoms with Gasteiger partial charge in [0.15, 0.2) is 5.82 Å². The Morgan fingerprint density at radius 2 is 1.59 bits per heavy atom. The SMILES string of the molecule is CC1CCN(c2ncnc3c(C(=O)C(=O)N4CCN(C(=O)c5ccccc5)CC4)c[nH]c23)CC1. The van der Waals surface area contributed by atoms with Crippen LogP contribution in [-0.2, 0) is 4.79 Å². The van der Waals surface area contributed by atoms with Gasteiger partial charge in [-0.1, -0.05) is 25.1 Å². The minimum atomic E-state index is -0.592. The van der Waals surface area contributed by atoms with Crippen molar-refractivity contribution in [3.05, 3.63) is 54.0 Å². The third-order valence-corrected chi connectivity index (χ3v) is 6.84. The average Bonchev–Trinajstić information content (AvgIpc) is 3.33. The van der Waals surface area contributed by atoms with E-state index in [1.807, 2.05) is 18.2 Å². The highest BCUT2D eigenvalue weighted by Gasteiger charge is 2.31. The van der Waals surface area contributed by atoms with Crippen LogP contribution in [0, 0.1) is 5.92 Å². The smallest absolute Gasteiger partial charge is 0.295 e. The second-order valence-electron chi connectivity index (χ2n) is 9.07. The molecule has 1 aromatic carbocycles. The van der Waals surface area contributed by atoms with Crippen molar-refractivity contribution in [2.75, 3.05) is 44.2 Å². The summed E-state index contributed by atoms with van der Waals surface area (Å²) >= 11 is 0. The number of fused-ring (bicyclic) bond motifs is 1. The molecular weight excluding hydrogens is 432 g/mol. The third-order valence-electron chi connectivity index (χ3n) is 6.84. The first-order valence-electron chi connectivity index (χ1n) is 11.8. The molecule has 2 fully saturated rings. The molecule has 5 rings (SSSR count). The molecule has 176 valence electrons. The Hall–Kier alpha value is -3.75. The number of carbonyl (C=O) groups is 3. The lowest BCUT2D eigenvalue weighted by molar-refractivity contribution is -0.127. The zero-order valence-electron chi connectivity index (χ0n) is 19.2. The molecule has 0 atom stereocenters. The van der Waals surface area contributed by atoms with Gasteiger partial charge >= 0.3 is 0 Å². The van der Waals surface area contributed by atoms with Crippen LogP contribution >= 0.6 is 0 Å². The van der Waals surface area contributed by atoms with Crippen LogP contribution in [0.4, 0.5) is 5.82 Å². The molecule has 0 bridgehead atoms. The zero-order chi connectivity index (χ0) is 23.7. The Balaban J connectivity index is 1.28. The first kappa shape index (κ1) is 22.1. The maximum absolute atomic E-state index is 13.1. The quantitative estimate of drug-likeness (QED) is 0.474. The van der Waals surface area contributed by atoms with Gasteiger partial charge in [-0.05, 0) is 30.9 Å². The molecule has 2 aliphatic rings. The molecular formula is C25H28N6O3. The van der Waals surface area contributed by atoms with Crippen LogP contribution in [0.3, 0.4) is 0 Å². The summed E-state index contributed by atoms with van der Waals surface area (Å²) in [6.07, 6.45) is 5.20. The van der Waals surface area contributed by atoms with Gasteiger partial charge in [-0.3, -0.25) is 14.4 Å². The molecule has 2 aromatic heterocycles. The van der Waals surface area contributed by atoms with Crippen LogP contribution in [0.1, 0.15) is 40.5 Å². The number of piperazine rings is 1. The molecule has 1 N–H and O–H groups in total. The number of hydrogen-bond donors (Lipinski definition) is 1. The molecule has 2 saturated heterocycles.